The number of rotatable bonds is 3. The summed E-state index contributed by atoms with van der Waals surface area (Å²) in [6, 6.07) is 7.92. The SMILES string of the molecule is C=C(Cl)CNC1CC(=O)N(C)c2ccccc21. The molecule has 1 aromatic rings. The van der Waals surface area contributed by atoms with E-state index in [2.05, 4.69) is 11.9 Å². The molecule has 4 heteroatoms. The molecule has 90 valence electrons. The highest BCUT2D eigenvalue weighted by Gasteiger charge is 2.28. The van der Waals surface area contributed by atoms with Gasteiger partial charge in [0.1, 0.15) is 0 Å². The number of para-hydroxylation sites is 1. The van der Waals surface area contributed by atoms with Crippen molar-refractivity contribution in [2.45, 2.75) is 12.5 Å². The molecular weight excluding hydrogens is 236 g/mol. The monoisotopic (exact) mass is 250 g/mol. The van der Waals surface area contributed by atoms with Crippen LogP contribution in [0.25, 0.3) is 0 Å². The van der Waals surface area contributed by atoms with Gasteiger partial charge >= 0.3 is 0 Å². The molecule has 0 aromatic heterocycles. The number of hydrogen-bond donors (Lipinski definition) is 1. The molecule has 3 nitrogen and oxygen atoms in total. The molecule has 1 aliphatic rings. The van der Waals surface area contributed by atoms with E-state index in [0.717, 1.165) is 11.3 Å². The van der Waals surface area contributed by atoms with Gasteiger partial charge in [-0.05, 0) is 11.6 Å². The molecule has 1 amide bonds. The van der Waals surface area contributed by atoms with Crippen LogP contribution in [0.1, 0.15) is 18.0 Å². The third kappa shape index (κ3) is 2.51. The van der Waals surface area contributed by atoms with Crippen LogP contribution in [0.2, 0.25) is 0 Å². The van der Waals surface area contributed by atoms with Crippen LogP contribution in [0.4, 0.5) is 5.69 Å². The number of carbonyl (C=O) groups excluding carboxylic acids is 1. The number of anilines is 1. The number of benzene rings is 1. The van der Waals surface area contributed by atoms with E-state index < -0.39 is 0 Å². The summed E-state index contributed by atoms with van der Waals surface area (Å²) in [6.07, 6.45) is 0.456. The minimum Gasteiger partial charge on any atom is -0.315 e. The van der Waals surface area contributed by atoms with Crippen LogP contribution in [0, 0.1) is 0 Å². The second kappa shape index (κ2) is 4.90. The first-order valence-corrected chi connectivity index (χ1v) is 5.89. The van der Waals surface area contributed by atoms with Crippen LogP contribution in [-0.2, 0) is 4.79 Å². The van der Waals surface area contributed by atoms with Gasteiger partial charge in [-0.15, -0.1) is 0 Å². The third-order valence-corrected chi connectivity index (χ3v) is 3.10. The fourth-order valence-corrected chi connectivity index (χ4v) is 2.14. The third-order valence-electron chi connectivity index (χ3n) is 2.97. The molecule has 0 aliphatic carbocycles. The zero-order chi connectivity index (χ0) is 12.4. The van der Waals surface area contributed by atoms with Gasteiger partial charge in [0.2, 0.25) is 5.91 Å². The van der Waals surface area contributed by atoms with Crippen molar-refractivity contribution in [1.82, 2.24) is 5.32 Å². The van der Waals surface area contributed by atoms with Gasteiger partial charge in [0.15, 0.2) is 0 Å². The van der Waals surface area contributed by atoms with Crippen LogP contribution in [0.15, 0.2) is 35.9 Å². The Labute approximate surface area is 106 Å². The maximum Gasteiger partial charge on any atom is 0.228 e. The molecule has 1 aliphatic heterocycles. The topological polar surface area (TPSA) is 32.3 Å². The average Bonchev–Trinajstić information content (AvgIpc) is 2.32. The van der Waals surface area contributed by atoms with E-state index in [1.807, 2.05) is 24.3 Å². The molecule has 0 saturated carbocycles. The lowest BCUT2D eigenvalue weighted by molar-refractivity contribution is -0.119. The lowest BCUT2D eigenvalue weighted by Gasteiger charge is -2.32. The summed E-state index contributed by atoms with van der Waals surface area (Å²) in [7, 11) is 1.80. The van der Waals surface area contributed by atoms with Gasteiger partial charge in [-0.2, -0.15) is 0 Å². The smallest absolute Gasteiger partial charge is 0.228 e. The first kappa shape index (κ1) is 12.1. The van der Waals surface area contributed by atoms with E-state index in [1.54, 1.807) is 11.9 Å². The number of halogens is 1. The Kier molecular flexibility index (Phi) is 3.50. The summed E-state index contributed by atoms with van der Waals surface area (Å²) in [5.74, 6) is 0.112. The maximum absolute atomic E-state index is 11.8. The summed E-state index contributed by atoms with van der Waals surface area (Å²) < 4.78 is 0. The van der Waals surface area contributed by atoms with E-state index in [1.165, 1.54) is 0 Å². The Morgan fingerprint density at radius 1 is 1.59 bits per heavy atom. The molecular formula is C13H15ClN2O. The highest BCUT2D eigenvalue weighted by molar-refractivity contribution is 6.29. The second-order valence-electron chi connectivity index (χ2n) is 4.17. The number of nitrogens with zero attached hydrogens (tertiary/aromatic N) is 1. The molecule has 0 fully saturated rings. The molecule has 1 N–H and O–H groups in total. The summed E-state index contributed by atoms with van der Waals surface area (Å²) in [5.41, 5.74) is 2.09. The van der Waals surface area contributed by atoms with Crippen LogP contribution in [0.5, 0.6) is 0 Å². The summed E-state index contributed by atoms with van der Waals surface area (Å²) in [5, 5.41) is 3.80. The van der Waals surface area contributed by atoms with Gasteiger partial charge in [0.25, 0.3) is 0 Å². The second-order valence-corrected chi connectivity index (χ2v) is 4.70. The fourth-order valence-electron chi connectivity index (χ4n) is 2.06. The largest absolute Gasteiger partial charge is 0.315 e. The Hall–Kier alpha value is -1.32. The Morgan fingerprint density at radius 3 is 3.00 bits per heavy atom. The number of carbonyl (C=O) groups is 1. The van der Waals surface area contributed by atoms with Crippen molar-refractivity contribution in [3.8, 4) is 0 Å². The lowest BCUT2D eigenvalue weighted by atomic mass is 9.96. The predicted molar refractivity (Wildman–Crippen MR) is 70.2 cm³/mol. The van der Waals surface area contributed by atoms with Crippen LogP contribution in [-0.4, -0.2) is 19.5 Å². The minimum atomic E-state index is 0.0189. The standard InChI is InChI=1S/C13H15ClN2O/c1-9(14)8-15-11-7-13(17)16(2)12-6-4-3-5-10(11)12/h3-6,11,15H,1,7-8H2,2H3. The highest BCUT2D eigenvalue weighted by atomic mass is 35.5. The van der Waals surface area contributed by atoms with E-state index in [4.69, 9.17) is 11.6 Å². The summed E-state index contributed by atoms with van der Waals surface area (Å²) in [4.78, 5) is 13.5. The number of hydrogen-bond acceptors (Lipinski definition) is 2. The molecule has 0 radical (unpaired) electrons. The zero-order valence-electron chi connectivity index (χ0n) is 9.74. The molecule has 17 heavy (non-hydrogen) atoms. The molecule has 0 bridgehead atoms. The summed E-state index contributed by atoms with van der Waals surface area (Å²) in [6.45, 7) is 4.15. The Morgan fingerprint density at radius 2 is 2.29 bits per heavy atom. The first-order valence-electron chi connectivity index (χ1n) is 5.51. The predicted octanol–water partition coefficient (Wildman–Crippen LogP) is 2.44. The average molecular weight is 251 g/mol. The zero-order valence-corrected chi connectivity index (χ0v) is 10.5. The normalized spacial score (nSPS) is 19.1. The van der Waals surface area contributed by atoms with Crippen molar-refractivity contribution in [2.24, 2.45) is 0 Å². The van der Waals surface area contributed by atoms with Gasteiger partial charge in [-0.3, -0.25) is 4.79 Å². The van der Waals surface area contributed by atoms with E-state index in [9.17, 15) is 4.79 Å². The van der Waals surface area contributed by atoms with Gasteiger partial charge in [-0.1, -0.05) is 36.4 Å². The van der Waals surface area contributed by atoms with Crippen molar-refractivity contribution < 1.29 is 4.79 Å². The van der Waals surface area contributed by atoms with Crippen molar-refractivity contribution in [3.05, 3.63) is 41.4 Å². The van der Waals surface area contributed by atoms with E-state index in [-0.39, 0.29) is 11.9 Å². The van der Waals surface area contributed by atoms with Crippen LogP contribution in [0.3, 0.4) is 0 Å². The van der Waals surface area contributed by atoms with E-state index >= 15 is 0 Å². The quantitative estimate of drug-likeness (QED) is 0.894. The summed E-state index contributed by atoms with van der Waals surface area (Å²) >= 11 is 5.74. The van der Waals surface area contributed by atoms with Crippen molar-refractivity contribution in [3.63, 3.8) is 0 Å². The lowest BCUT2D eigenvalue weighted by Crippen LogP contribution is -2.38. The Balaban J connectivity index is 2.27. The molecule has 1 atom stereocenters. The Bertz CT molecular complexity index is 458. The van der Waals surface area contributed by atoms with Crippen molar-refractivity contribution >= 4 is 23.2 Å². The molecule has 0 saturated heterocycles. The van der Waals surface area contributed by atoms with Crippen LogP contribution >= 0.6 is 11.6 Å². The number of nitrogens with one attached hydrogen (secondary N) is 1. The highest BCUT2D eigenvalue weighted by Crippen LogP contribution is 2.33. The first-order chi connectivity index (χ1) is 8.09. The molecule has 1 heterocycles. The molecule has 1 aromatic carbocycles. The van der Waals surface area contributed by atoms with Gasteiger partial charge in [-0.25, -0.2) is 0 Å². The van der Waals surface area contributed by atoms with E-state index in [0.29, 0.717) is 18.0 Å². The number of amides is 1. The van der Waals surface area contributed by atoms with Gasteiger partial charge < -0.3 is 10.2 Å². The number of fused-ring (bicyclic) bond motifs is 1. The van der Waals surface area contributed by atoms with Crippen molar-refractivity contribution in [2.75, 3.05) is 18.5 Å². The minimum absolute atomic E-state index is 0.0189. The van der Waals surface area contributed by atoms with Crippen molar-refractivity contribution in [1.29, 1.82) is 0 Å². The maximum atomic E-state index is 11.8. The molecule has 1 unspecified atom stereocenters. The molecule has 0 spiro atoms. The van der Waals surface area contributed by atoms with Gasteiger partial charge in [0.05, 0.1) is 0 Å². The molecule has 2 rings (SSSR count). The van der Waals surface area contributed by atoms with Gasteiger partial charge in [0, 0.05) is 36.8 Å². The van der Waals surface area contributed by atoms with Crippen LogP contribution < -0.4 is 10.2 Å². The fraction of sp³-hybridized carbons (Fsp3) is 0.308.